The number of carboxylic acid groups (broad SMARTS) is 1. The summed E-state index contributed by atoms with van der Waals surface area (Å²) in [4.78, 5) is 27.7. The van der Waals surface area contributed by atoms with Crippen molar-refractivity contribution in [1.82, 2.24) is 10.4 Å². The fraction of sp³-hybridized carbons (Fsp3) is 0.111. The molecular formula is C27H22IN3O6. The maximum atomic E-state index is 12.2. The van der Waals surface area contributed by atoms with E-state index in [1.165, 1.54) is 19.4 Å². The van der Waals surface area contributed by atoms with E-state index >= 15 is 0 Å². The van der Waals surface area contributed by atoms with E-state index < -0.39 is 11.9 Å². The number of halogens is 1. The second-order valence-electron chi connectivity index (χ2n) is 7.74. The molecule has 0 atom stereocenters. The number of rotatable bonds is 10. The number of aromatic nitrogens is 1. The lowest BCUT2D eigenvalue weighted by Crippen LogP contribution is -2.24. The fourth-order valence-corrected chi connectivity index (χ4v) is 4.23. The van der Waals surface area contributed by atoms with Crippen LogP contribution in [0.3, 0.4) is 0 Å². The molecule has 2 N–H and O–H groups in total. The molecule has 0 bridgehead atoms. The molecule has 0 aliphatic heterocycles. The number of methoxy groups -OCH3 is 1. The van der Waals surface area contributed by atoms with Crippen LogP contribution in [0.25, 0.3) is 10.9 Å². The minimum absolute atomic E-state index is 0.170. The standard InChI is InChI=1S/C27H22IN3O6/c1-35-23-13-18(12-21(28)26(23)37-15-17-5-2-7-20(11-17)27(33)34)14-30-31-24(32)16-36-22-9-3-6-19-8-4-10-29-25(19)22/h2-14H,15-16H2,1H3,(H,31,32)(H,33,34)/b30-14+. The number of fused-ring (bicyclic) bond motifs is 1. The topological polar surface area (TPSA) is 119 Å². The summed E-state index contributed by atoms with van der Waals surface area (Å²) in [5.41, 5.74) is 4.71. The largest absolute Gasteiger partial charge is 0.493 e. The molecule has 9 nitrogen and oxygen atoms in total. The average molecular weight is 611 g/mol. The van der Waals surface area contributed by atoms with Gasteiger partial charge in [0.2, 0.25) is 0 Å². The third-order valence-corrected chi connectivity index (χ3v) is 5.97. The van der Waals surface area contributed by atoms with E-state index in [1.807, 2.05) is 30.3 Å². The van der Waals surface area contributed by atoms with E-state index in [1.54, 1.807) is 36.5 Å². The van der Waals surface area contributed by atoms with Crippen LogP contribution >= 0.6 is 22.6 Å². The minimum atomic E-state index is -0.998. The van der Waals surface area contributed by atoms with E-state index in [2.05, 4.69) is 38.1 Å². The first-order valence-corrected chi connectivity index (χ1v) is 12.1. The molecule has 1 amide bonds. The second-order valence-corrected chi connectivity index (χ2v) is 8.90. The molecule has 4 aromatic rings. The molecule has 0 saturated heterocycles. The lowest BCUT2D eigenvalue weighted by atomic mass is 10.1. The minimum Gasteiger partial charge on any atom is -0.493 e. The number of benzene rings is 3. The molecule has 0 aliphatic carbocycles. The van der Waals surface area contributed by atoms with Crippen molar-refractivity contribution in [3.8, 4) is 17.2 Å². The van der Waals surface area contributed by atoms with Gasteiger partial charge >= 0.3 is 5.97 Å². The number of carbonyl (C=O) groups excluding carboxylic acids is 1. The van der Waals surface area contributed by atoms with Crippen molar-refractivity contribution in [1.29, 1.82) is 0 Å². The number of ether oxygens (including phenoxy) is 3. The Morgan fingerprint density at radius 3 is 2.68 bits per heavy atom. The van der Waals surface area contributed by atoms with Gasteiger partial charge in [-0.1, -0.05) is 30.3 Å². The van der Waals surface area contributed by atoms with Crippen molar-refractivity contribution in [2.24, 2.45) is 5.10 Å². The van der Waals surface area contributed by atoms with Gasteiger partial charge in [0, 0.05) is 11.6 Å². The molecule has 0 radical (unpaired) electrons. The maximum Gasteiger partial charge on any atom is 0.335 e. The number of amides is 1. The highest BCUT2D eigenvalue weighted by atomic mass is 127. The van der Waals surface area contributed by atoms with Crippen LogP contribution in [-0.4, -0.2) is 41.9 Å². The average Bonchev–Trinajstić information content (AvgIpc) is 2.91. The van der Waals surface area contributed by atoms with Gasteiger partial charge in [-0.05, 0) is 70.1 Å². The SMILES string of the molecule is COc1cc(/C=N/NC(=O)COc2cccc3cccnc23)cc(I)c1OCc1cccc(C(=O)O)c1. The number of carbonyl (C=O) groups is 2. The summed E-state index contributed by atoms with van der Waals surface area (Å²) in [5, 5.41) is 14.1. The van der Waals surface area contributed by atoms with Gasteiger partial charge < -0.3 is 19.3 Å². The van der Waals surface area contributed by atoms with Crippen LogP contribution in [0.4, 0.5) is 0 Å². The van der Waals surface area contributed by atoms with Crippen LogP contribution < -0.4 is 19.6 Å². The quantitative estimate of drug-likeness (QED) is 0.152. The molecule has 3 aromatic carbocycles. The second kappa shape index (κ2) is 12.2. The van der Waals surface area contributed by atoms with Crippen molar-refractivity contribution >= 4 is 51.6 Å². The van der Waals surface area contributed by atoms with Crippen molar-refractivity contribution in [3.05, 3.63) is 93.2 Å². The van der Waals surface area contributed by atoms with E-state index in [4.69, 9.17) is 19.3 Å². The van der Waals surface area contributed by atoms with Crippen LogP contribution in [0.5, 0.6) is 17.2 Å². The van der Waals surface area contributed by atoms with E-state index in [0.29, 0.717) is 33.9 Å². The summed E-state index contributed by atoms with van der Waals surface area (Å²) in [7, 11) is 1.52. The number of nitrogens with zero attached hydrogens (tertiary/aromatic N) is 2. The van der Waals surface area contributed by atoms with E-state index in [9.17, 15) is 9.59 Å². The van der Waals surface area contributed by atoms with Crippen LogP contribution in [0.15, 0.2) is 78.0 Å². The molecule has 1 aromatic heterocycles. The van der Waals surface area contributed by atoms with Crippen molar-refractivity contribution < 1.29 is 28.9 Å². The number of nitrogens with one attached hydrogen (secondary N) is 1. The number of para-hydroxylation sites is 1. The lowest BCUT2D eigenvalue weighted by Gasteiger charge is -2.14. The van der Waals surface area contributed by atoms with Crippen LogP contribution in [0.1, 0.15) is 21.5 Å². The van der Waals surface area contributed by atoms with Crippen LogP contribution in [0, 0.1) is 3.57 Å². The Morgan fingerprint density at radius 2 is 1.86 bits per heavy atom. The Kier molecular flexibility index (Phi) is 8.52. The van der Waals surface area contributed by atoms with E-state index in [-0.39, 0.29) is 18.8 Å². The molecule has 0 spiro atoms. The fourth-order valence-electron chi connectivity index (χ4n) is 3.45. The number of hydrogen-bond acceptors (Lipinski definition) is 7. The summed E-state index contributed by atoms with van der Waals surface area (Å²) < 4.78 is 17.8. The maximum absolute atomic E-state index is 12.2. The summed E-state index contributed by atoms with van der Waals surface area (Å²) in [5.74, 6) is 0.0843. The summed E-state index contributed by atoms with van der Waals surface area (Å²) in [6, 6.07) is 19.4. The molecule has 0 fully saturated rings. The normalized spacial score (nSPS) is 10.9. The summed E-state index contributed by atoms with van der Waals surface area (Å²) in [6.07, 6.45) is 3.16. The van der Waals surface area contributed by atoms with E-state index in [0.717, 1.165) is 8.96 Å². The van der Waals surface area contributed by atoms with Gasteiger partial charge in [-0.25, -0.2) is 10.2 Å². The number of hydrogen-bond donors (Lipinski definition) is 2. The van der Waals surface area contributed by atoms with Gasteiger partial charge in [0.1, 0.15) is 17.9 Å². The predicted molar refractivity (Wildman–Crippen MR) is 146 cm³/mol. The molecule has 0 saturated carbocycles. The zero-order chi connectivity index (χ0) is 26.2. The number of carboxylic acids is 1. The van der Waals surface area contributed by atoms with Gasteiger partial charge in [0.15, 0.2) is 18.1 Å². The van der Waals surface area contributed by atoms with Gasteiger partial charge in [-0.15, -0.1) is 0 Å². The van der Waals surface area contributed by atoms with Crippen LogP contribution in [0.2, 0.25) is 0 Å². The Bertz CT molecular complexity index is 1470. The molecule has 0 aliphatic rings. The first-order chi connectivity index (χ1) is 17.9. The lowest BCUT2D eigenvalue weighted by molar-refractivity contribution is -0.123. The van der Waals surface area contributed by atoms with Crippen molar-refractivity contribution in [3.63, 3.8) is 0 Å². The van der Waals surface area contributed by atoms with Crippen molar-refractivity contribution in [2.75, 3.05) is 13.7 Å². The smallest absolute Gasteiger partial charge is 0.335 e. The number of hydrazone groups is 1. The molecule has 37 heavy (non-hydrogen) atoms. The molecule has 188 valence electrons. The molecule has 0 unspecified atom stereocenters. The van der Waals surface area contributed by atoms with Gasteiger partial charge in [-0.2, -0.15) is 5.10 Å². The first-order valence-electron chi connectivity index (χ1n) is 11.1. The number of pyridine rings is 1. The Balaban J connectivity index is 1.36. The molecule has 4 rings (SSSR count). The van der Waals surface area contributed by atoms with Gasteiger partial charge in [0.25, 0.3) is 5.91 Å². The third-order valence-electron chi connectivity index (χ3n) is 5.17. The summed E-state index contributed by atoms with van der Waals surface area (Å²) in [6.45, 7) is -0.0487. The molecule has 1 heterocycles. The highest BCUT2D eigenvalue weighted by molar-refractivity contribution is 14.1. The van der Waals surface area contributed by atoms with Gasteiger partial charge in [0.05, 0.1) is 22.5 Å². The Labute approximate surface area is 226 Å². The third kappa shape index (κ3) is 6.73. The monoisotopic (exact) mass is 611 g/mol. The Hall–Kier alpha value is -4.19. The Morgan fingerprint density at radius 1 is 1.05 bits per heavy atom. The predicted octanol–water partition coefficient (Wildman–Crippen LogP) is 4.65. The highest BCUT2D eigenvalue weighted by Gasteiger charge is 2.13. The zero-order valence-electron chi connectivity index (χ0n) is 19.7. The summed E-state index contributed by atoms with van der Waals surface area (Å²) >= 11 is 2.11. The first kappa shape index (κ1) is 25.9. The highest BCUT2D eigenvalue weighted by Crippen LogP contribution is 2.34. The molecule has 10 heteroatoms. The zero-order valence-corrected chi connectivity index (χ0v) is 21.8. The molecular weight excluding hydrogens is 589 g/mol. The number of aromatic carboxylic acids is 1. The van der Waals surface area contributed by atoms with Crippen molar-refractivity contribution in [2.45, 2.75) is 6.61 Å². The van der Waals surface area contributed by atoms with Gasteiger partial charge in [-0.3, -0.25) is 9.78 Å². The van der Waals surface area contributed by atoms with Crippen LogP contribution in [-0.2, 0) is 11.4 Å².